The Morgan fingerprint density at radius 2 is 2.16 bits per heavy atom. The van der Waals surface area contributed by atoms with Gasteiger partial charge in [-0.15, -0.1) is 0 Å². The van der Waals surface area contributed by atoms with E-state index in [2.05, 4.69) is 31.9 Å². The summed E-state index contributed by atoms with van der Waals surface area (Å²) in [6.07, 6.45) is 4.97. The Bertz CT molecular complexity index is 741. The first-order chi connectivity index (χ1) is 12.2. The predicted molar refractivity (Wildman–Crippen MR) is 94.1 cm³/mol. The number of hydrogen-bond donors (Lipinski definition) is 0. The van der Waals surface area contributed by atoms with Crippen molar-refractivity contribution in [1.29, 1.82) is 0 Å². The minimum Gasteiger partial charge on any atom is -0.497 e. The van der Waals surface area contributed by atoms with Gasteiger partial charge in [0.05, 0.1) is 13.3 Å². The maximum absolute atomic E-state index is 14.1. The molecular weight excluding hydrogens is 319 g/mol. The molecule has 0 spiro atoms. The van der Waals surface area contributed by atoms with Gasteiger partial charge in [0.25, 0.3) is 0 Å². The number of fused-ring (bicyclic) bond motifs is 1. The molecule has 0 bridgehead atoms. The third kappa shape index (κ3) is 3.31. The highest BCUT2D eigenvalue weighted by Gasteiger charge is 2.39. The number of rotatable bonds is 4. The number of anilines is 1. The van der Waals surface area contributed by atoms with Gasteiger partial charge in [-0.05, 0) is 43.0 Å². The Hall–Kier alpha value is -2.21. The number of hydrogen-bond acceptors (Lipinski definition) is 5. The van der Waals surface area contributed by atoms with Crippen LogP contribution in [0.15, 0.2) is 36.8 Å². The molecule has 25 heavy (non-hydrogen) atoms. The van der Waals surface area contributed by atoms with Crippen LogP contribution in [-0.4, -0.2) is 47.7 Å². The summed E-state index contributed by atoms with van der Waals surface area (Å²) in [5.74, 6) is 1.67. The van der Waals surface area contributed by atoms with Crippen LogP contribution in [-0.2, 0) is 6.54 Å². The first-order valence-electron chi connectivity index (χ1n) is 8.82. The van der Waals surface area contributed by atoms with Crippen LogP contribution >= 0.6 is 0 Å². The van der Waals surface area contributed by atoms with Gasteiger partial charge in [-0.25, -0.2) is 14.4 Å². The fourth-order valence-electron chi connectivity index (χ4n) is 4.16. The first-order valence-corrected chi connectivity index (χ1v) is 8.82. The van der Waals surface area contributed by atoms with Crippen molar-refractivity contribution in [3.05, 3.63) is 48.2 Å². The molecule has 2 atom stereocenters. The van der Waals surface area contributed by atoms with Crippen molar-refractivity contribution < 1.29 is 9.13 Å². The van der Waals surface area contributed by atoms with Crippen LogP contribution in [0.4, 0.5) is 10.2 Å². The van der Waals surface area contributed by atoms with Gasteiger partial charge in [-0.3, -0.25) is 4.90 Å². The molecule has 2 fully saturated rings. The van der Waals surface area contributed by atoms with Gasteiger partial charge in [0.1, 0.15) is 12.1 Å². The van der Waals surface area contributed by atoms with Crippen LogP contribution in [0.25, 0.3) is 0 Å². The van der Waals surface area contributed by atoms with E-state index in [1.54, 1.807) is 7.11 Å². The molecule has 2 aliphatic rings. The lowest BCUT2D eigenvalue weighted by atomic mass is 9.92. The monoisotopic (exact) mass is 342 g/mol. The zero-order valence-electron chi connectivity index (χ0n) is 14.4. The van der Waals surface area contributed by atoms with Crippen molar-refractivity contribution in [2.75, 3.05) is 31.6 Å². The van der Waals surface area contributed by atoms with Crippen LogP contribution in [0.1, 0.15) is 18.4 Å². The third-order valence-electron chi connectivity index (χ3n) is 5.45. The van der Waals surface area contributed by atoms with Gasteiger partial charge in [0.15, 0.2) is 11.6 Å². The van der Waals surface area contributed by atoms with E-state index < -0.39 is 0 Å². The molecule has 3 heterocycles. The molecule has 0 amide bonds. The average Bonchev–Trinajstić information content (AvgIpc) is 3.04. The van der Waals surface area contributed by atoms with Gasteiger partial charge in [-0.1, -0.05) is 12.1 Å². The molecule has 2 aromatic rings. The third-order valence-corrected chi connectivity index (χ3v) is 5.45. The Labute approximate surface area is 147 Å². The number of benzene rings is 1. The molecule has 2 saturated heterocycles. The SMILES string of the molecule is COc1cccc(CN2CCC3CCN(c4ncncc4F)CC32)c1. The Balaban J connectivity index is 1.49. The predicted octanol–water partition coefficient (Wildman–Crippen LogP) is 2.73. The molecule has 6 heteroatoms. The van der Waals surface area contributed by atoms with E-state index in [1.807, 2.05) is 12.1 Å². The molecule has 1 aromatic carbocycles. The normalized spacial score (nSPS) is 23.5. The Morgan fingerprint density at radius 1 is 1.28 bits per heavy atom. The van der Waals surface area contributed by atoms with Crippen molar-refractivity contribution in [3.63, 3.8) is 0 Å². The number of methoxy groups -OCH3 is 1. The summed E-state index contributed by atoms with van der Waals surface area (Å²) in [6, 6.07) is 8.68. The van der Waals surface area contributed by atoms with E-state index in [4.69, 9.17) is 4.74 Å². The lowest BCUT2D eigenvalue weighted by Gasteiger charge is -2.39. The summed E-state index contributed by atoms with van der Waals surface area (Å²) >= 11 is 0. The van der Waals surface area contributed by atoms with Crippen molar-refractivity contribution in [1.82, 2.24) is 14.9 Å². The second-order valence-corrected chi connectivity index (χ2v) is 6.87. The lowest BCUT2D eigenvalue weighted by Crippen LogP contribution is -2.48. The molecule has 0 radical (unpaired) electrons. The van der Waals surface area contributed by atoms with Gasteiger partial charge >= 0.3 is 0 Å². The molecular formula is C19H23FN4O. The molecule has 5 nitrogen and oxygen atoms in total. The van der Waals surface area contributed by atoms with Crippen LogP contribution < -0.4 is 9.64 Å². The summed E-state index contributed by atoms with van der Waals surface area (Å²) in [6.45, 7) is 3.68. The van der Waals surface area contributed by atoms with Crippen LogP contribution in [0.2, 0.25) is 0 Å². The zero-order valence-corrected chi connectivity index (χ0v) is 14.4. The van der Waals surface area contributed by atoms with E-state index in [-0.39, 0.29) is 5.82 Å². The van der Waals surface area contributed by atoms with Gasteiger partial charge in [0, 0.05) is 25.7 Å². The van der Waals surface area contributed by atoms with Crippen molar-refractivity contribution in [2.45, 2.75) is 25.4 Å². The molecule has 0 N–H and O–H groups in total. The summed E-state index contributed by atoms with van der Waals surface area (Å²) in [7, 11) is 1.69. The van der Waals surface area contributed by atoms with Gasteiger partial charge in [0.2, 0.25) is 0 Å². The molecule has 4 rings (SSSR count). The minimum absolute atomic E-state index is 0.335. The minimum atomic E-state index is -0.335. The van der Waals surface area contributed by atoms with Crippen LogP contribution in [0, 0.1) is 11.7 Å². The number of halogens is 1. The van der Waals surface area contributed by atoms with Crippen LogP contribution in [0.5, 0.6) is 5.75 Å². The summed E-state index contributed by atoms with van der Waals surface area (Å²) in [5, 5.41) is 0. The fourth-order valence-corrected chi connectivity index (χ4v) is 4.16. The number of aromatic nitrogens is 2. The van der Waals surface area contributed by atoms with E-state index in [0.29, 0.717) is 17.8 Å². The first kappa shape index (κ1) is 16.3. The maximum Gasteiger partial charge on any atom is 0.183 e. The van der Waals surface area contributed by atoms with E-state index in [9.17, 15) is 4.39 Å². The van der Waals surface area contributed by atoms with Crippen LogP contribution in [0.3, 0.4) is 0 Å². The smallest absolute Gasteiger partial charge is 0.183 e. The molecule has 132 valence electrons. The second kappa shape index (κ2) is 6.96. The van der Waals surface area contributed by atoms with Crippen molar-refractivity contribution in [2.24, 2.45) is 5.92 Å². The number of ether oxygens (including phenoxy) is 1. The zero-order chi connectivity index (χ0) is 17.2. The average molecular weight is 342 g/mol. The highest BCUT2D eigenvalue weighted by Crippen LogP contribution is 2.34. The summed E-state index contributed by atoms with van der Waals surface area (Å²) in [5.41, 5.74) is 1.25. The van der Waals surface area contributed by atoms with E-state index in [1.165, 1.54) is 24.5 Å². The quantitative estimate of drug-likeness (QED) is 0.855. The molecule has 1 aromatic heterocycles. The molecule has 2 unspecified atom stereocenters. The number of piperidine rings is 1. The molecule has 0 aliphatic carbocycles. The Morgan fingerprint density at radius 3 is 3.00 bits per heavy atom. The largest absolute Gasteiger partial charge is 0.497 e. The molecule has 2 aliphatic heterocycles. The lowest BCUT2D eigenvalue weighted by molar-refractivity contribution is 0.199. The summed E-state index contributed by atoms with van der Waals surface area (Å²) in [4.78, 5) is 12.5. The number of likely N-dealkylation sites (tertiary alicyclic amines) is 1. The second-order valence-electron chi connectivity index (χ2n) is 6.87. The van der Waals surface area contributed by atoms with Crippen molar-refractivity contribution in [3.8, 4) is 5.75 Å². The standard InChI is InChI=1S/C19H23FN4O/c1-25-16-4-2-3-14(9-16)11-23-7-5-15-6-8-24(12-18(15)23)19-17(20)10-21-13-22-19/h2-4,9-10,13,15,18H,5-8,11-12H2,1H3. The molecule has 0 saturated carbocycles. The topological polar surface area (TPSA) is 41.5 Å². The van der Waals surface area contributed by atoms with Gasteiger partial charge < -0.3 is 9.64 Å². The van der Waals surface area contributed by atoms with Gasteiger partial charge in [-0.2, -0.15) is 0 Å². The summed E-state index contributed by atoms with van der Waals surface area (Å²) < 4.78 is 19.4. The fraction of sp³-hybridized carbons (Fsp3) is 0.474. The Kier molecular flexibility index (Phi) is 4.53. The maximum atomic E-state index is 14.1. The van der Waals surface area contributed by atoms with Crippen molar-refractivity contribution >= 4 is 5.82 Å². The van der Waals surface area contributed by atoms with E-state index >= 15 is 0 Å². The van der Waals surface area contributed by atoms with E-state index in [0.717, 1.165) is 38.3 Å². The highest BCUT2D eigenvalue weighted by molar-refractivity contribution is 5.39. The highest BCUT2D eigenvalue weighted by atomic mass is 19.1. The number of nitrogens with zero attached hydrogens (tertiary/aromatic N) is 4.